The van der Waals surface area contributed by atoms with Crippen molar-refractivity contribution in [2.24, 2.45) is 0 Å². The Bertz CT molecular complexity index is 740. The Hall–Kier alpha value is -2.08. The van der Waals surface area contributed by atoms with Crippen molar-refractivity contribution in [3.05, 3.63) is 89.3 Å². The van der Waals surface area contributed by atoms with Gasteiger partial charge in [0.1, 0.15) is 0 Å². The van der Waals surface area contributed by atoms with E-state index in [1.165, 1.54) is 39.8 Å². The van der Waals surface area contributed by atoms with E-state index in [9.17, 15) is 0 Å². The number of fused-ring (bicyclic) bond motifs is 2. The second kappa shape index (κ2) is 4.24. The van der Waals surface area contributed by atoms with Gasteiger partial charge >= 0.3 is 0 Å². The zero-order valence-corrected chi connectivity index (χ0v) is 10.8. The third kappa shape index (κ3) is 1.76. The van der Waals surface area contributed by atoms with Crippen molar-refractivity contribution in [2.45, 2.75) is 12.8 Å². The van der Waals surface area contributed by atoms with E-state index in [1.807, 2.05) is 0 Å². The second-order valence-electron chi connectivity index (χ2n) is 5.20. The molecular formula is C19H15. The molecule has 0 unspecified atom stereocenters. The summed E-state index contributed by atoms with van der Waals surface area (Å²) in [5, 5.41) is 2.65. The Morgan fingerprint density at radius 3 is 2.37 bits per heavy atom. The van der Waals surface area contributed by atoms with Gasteiger partial charge in [0.05, 0.1) is 0 Å². The highest BCUT2D eigenvalue weighted by Crippen LogP contribution is 2.37. The SMILES string of the molecule is c1ccc2c(c1)CC[C]2c1ccc2ccccc2c1. The van der Waals surface area contributed by atoms with Crippen LogP contribution in [-0.2, 0) is 6.42 Å². The molecule has 1 radical (unpaired) electrons. The summed E-state index contributed by atoms with van der Waals surface area (Å²) in [6.07, 6.45) is 2.34. The van der Waals surface area contributed by atoms with Crippen molar-refractivity contribution in [1.82, 2.24) is 0 Å². The molecule has 0 atom stereocenters. The van der Waals surface area contributed by atoms with Crippen molar-refractivity contribution in [3.63, 3.8) is 0 Å². The molecule has 91 valence electrons. The summed E-state index contributed by atoms with van der Waals surface area (Å²) in [7, 11) is 0. The van der Waals surface area contributed by atoms with Crippen molar-refractivity contribution >= 4 is 10.8 Å². The molecule has 0 fully saturated rings. The Morgan fingerprint density at radius 1 is 0.632 bits per heavy atom. The molecule has 0 aliphatic heterocycles. The molecule has 0 N–H and O–H groups in total. The minimum atomic E-state index is 1.16. The van der Waals surface area contributed by atoms with Gasteiger partial charge in [-0.1, -0.05) is 66.7 Å². The molecule has 4 rings (SSSR count). The molecule has 0 aromatic heterocycles. The van der Waals surface area contributed by atoms with Crippen molar-refractivity contribution in [3.8, 4) is 0 Å². The largest absolute Gasteiger partial charge is 0.0620 e. The maximum absolute atomic E-state index is 2.33. The van der Waals surface area contributed by atoms with Crippen LogP contribution < -0.4 is 0 Å². The minimum absolute atomic E-state index is 1.16. The third-order valence-electron chi connectivity index (χ3n) is 4.08. The highest BCUT2D eigenvalue weighted by Gasteiger charge is 2.24. The van der Waals surface area contributed by atoms with E-state index in [0.29, 0.717) is 0 Å². The van der Waals surface area contributed by atoms with Crippen molar-refractivity contribution in [2.75, 3.05) is 0 Å². The minimum Gasteiger partial charge on any atom is -0.0620 e. The Labute approximate surface area is 113 Å². The van der Waals surface area contributed by atoms with Gasteiger partial charge in [-0.25, -0.2) is 0 Å². The van der Waals surface area contributed by atoms with Gasteiger partial charge in [-0.05, 0) is 40.3 Å². The van der Waals surface area contributed by atoms with Gasteiger partial charge in [-0.2, -0.15) is 0 Å². The summed E-state index contributed by atoms with van der Waals surface area (Å²) in [4.78, 5) is 0. The molecule has 0 amide bonds. The van der Waals surface area contributed by atoms with Crippen LogP contribution in [0.2, 0.25) is 0 Å². The summed E-state index contributed by atoms with van der Waals surface area (Å²) in [6, 6.07) is 24.2. The normalized spacial score (nSPS) is 14.7. The molecule has 3 aromatic rings. The molecule has 0 heteroatoms. The summed E-state index contributed by atoms with van der Waals surface area (Å²) in [5.41, 5.74) is 4.31. The van der Waals surface area contributed by atoms with Crippen molar-refractivity contribution < 1.29 is 0 Å². The van der Waals surface area contributed by atoms with Gasteiger partial charge < -0.3 is 0 Å². The summed E-state index contributed by atoms with van der Waals surface area (Å²) >= 11 is 0. The van der Waals surface area contributed by atoms with Crippen LogP contribution in [0.5, 0.6) is 0 Å². The Kier molecular flexibility index (Phi) is 2.41. The first-order valence-electron chi connectivity index (χ1n) is 6.85. The lowest BCUT2D eigenvalue weighted by Crippen LogP contribution is -1.96. The maximum atomic E-state index is 2.33. The van der Waals surface area contributed by atoms with Crippen LogP contribution in [0.15, 0.2) is 66.7 Å². The van der Waals surface area contributed by atoms with Crippen LogP contribution in [0.1, 0.15) is 23.1 Å². The molecule has 0 heterocycles. The molecule has 19 heavy (non-hydrogen) atoms. The highest BCUT2D eigenvalue weighted by atomic mass is 14.3. The maximum Gasteiger partial charge on any atom is 0.0346 e. The molecule has 1 aliphatic rings. The van der Waals surface area contributed by atoms with Crippen LogP contribution >= 0.6 is 0 Å². The van der Waals surface area contributed by atoms with E-state index in [2.05, 4.69) is 66.7 Å². The number of rotatable bonds is 1. The van der Waals surface area contributed by atoms with E-state index in [1.54, 1.807) is 0 Å². The molecule has 0 nitrogen and oxygen atoms in total. The van der Waals surface area contributed by atoms with Gasteiger partial charge in [0.25, 0.3) is 0 Å². The molecule has 0 spiro atoms. The van der Waals surface area contributed by atoms with E-state index in [4.69, 9.17) is 0 Å². The van der Waals surface area contributed by atoms with Crippen molar-refractivity contribution in [1.29, 1.82) is 0 Å². The fourth-order valence-corrected chi connectivity index (χ4v) is 3.10. The molecular weight excluding hydrogens is 228 g/mol. The van der Waals surface area contributed by atoms with E-state index < -0.39 is 0 Å². The van der Waals surface area contributed by atoms with Gasteiger partial charge in [0.15, 0.2) is 0 Å². The summed E-state index contributed by atoms with van der Waals surface area (Å²) in [5.74, 6) is 1.50. The van der Waals surface area contributed by atoms with Crippen LogP contribution in [0, 0.1) is 5.92 Å². The number of hydrogen-bond donors (Lipinski definition) is 0. The van der Waals surface area contributed by atoms with Crippen LogP contribution in [0.3, 0.4) is 0 Å². The van der Waals surface area contributed by atoms with Crippen LogP contribution in [-0.4, -0.2) is 0 Å². The standard InChI is InChI=1S/C19H15/c1-2-7-16-13-17(10-9-14(16)5-1)19-12-11-15-6-3-4-8-18(15)19/h1-10,13H,11-12H2. The van der Waals surface area contributed by atoms with Crippen LogP contribution in [0.4, 0.5) is 0 Å². The third-order valence-corrected chi connectivity index (χ3v) is 4.08. The average molecular weight is 243 g/mol. The monoisotopic (exact) mass is 243 g/mol. The molecule has 0 bridgehead atoms. The number of benzene rings is 3. The number of hydrogen-bond acceptors (Lipinski definition) is 0. The van der Waals surface area contributed by atoms with Gasteiger partial charge in [0, 0.05) is 5.92 Å². The van der Waals surface area contributed by atoms with Gasteiger partial charge in [-0.3, -0.25) is 0 Å². The predicted octanol–water partition coefficient (Wildman–Crippen LogP) is 4.76. The predicted molar refractivity (Wildman–Crippen MR) is 80.2 cm³/mol. The zero-order valence-electron chi connectivity index (χ0n) is 10.8. The molecule has 3 aromatic carbocycles. The first-order chi connectivity index (χ1) is 9.42. The van der Waals surface area contributed by atoms with E-state index in [-0.39, 0.29) is 0 Å². The lowest BCUT2D eigenvalue weighted by Gasteiger charge is -2.12. The zero-order chi connectivity index (χ0) is 12.7. The first-order valence-corrected chi connectivity index (χ1v) is 6.85. The first kappa shape index (κ1) is 10.8. The fraction of sp³-hybridized carbons (Fsp3) is 0.105. The Balaban J connectivity index is 1.83. The quantitative estimate of drug-likeness (QED) is 0.578. The smallest absolute Gasteiger partial charge is 0.0346 e. The number of aryl methyl sites for hydroxylation is 1. The highest BCUT2D eigenvalue weighted by molar-refractivity contribution is 5.84. The molecule has 0 saturated heterocycles. The molecule has 1 aliphatic carbocycles. The fourth-order valence-electron chi connectivity index (χ4n) is 3.10. The lowest BCUT2D eigenvalue weighted by atomic mass is 9.91. The lowest BCUT2D eigenvalue weighted by molar-refractivity contribution is 0.964. The molecule has 0 saturated carbocycles. The summed E-state index contributed by atoms with van der Waals surface area (Å²) < 4.78 is 0. The van der Waals surface area contributed by atoms with Gasteiger partial charge in [0.2, 0.25) is 0 Å². The van der Waals surface area contributed by atoms with Crippen LogP contribution in [0.25, 0.3) is 10.8 Å². The van der Waals surface area contributed by atoms with E-state index in [0.717, 1.165) is 6.42 Å². The van der Waals surface area contributed by atoms with E-state index >= 15 is 0 Å². The Morgan fingerprint density at radius 2 is 1.42 bits per heavy atom. The topological polar surface area (TPSA) is 0 Å². The summed E-state index contributed by atoms with van der Waals surface area (Å²) in [6.45, 7) is 0. The van der Waals surface area contributed by atoms with Gasteiger partial charge in [-0.15, -0.1) is 0 Å². The average Bonchev–Trinajstić information content (AvgIpc) is 2.91. The second-order valence-corrected chi connectivity index (χ2v) is 5.20.